The number of aromatic amines is 1. The summed E-state index contributed by atoms with van der Waals surface area (Å²) in [5.41, 5.74) is 4.03. The number of aromatic nitrogens is 3. The molecule has 138 valence electrons. The van der Waals surface area contributed by atoms with Gasteiger partial charge in [-0.2, -0.15) is 5.10 Å². The summed E-state index contributed by atoms with van der Waals surface area (Å²) >= 11 is 6.07. The minimum Gasteiger partial charge on any atom is -0.334 e. The van der Waals surface area contributed by atoms with Crippen LogP contribution in [-0.2, 0) is 11.2 Å². The van der Waals surface area contributed by atoms with Crippen molar-refractivity contribution in [1.29, 1.82) is 0 Å². The molecule has 0 radical (unpaired) electrons. The largest absolute Gasteiger partial charge is 0.334 e. The summed E-state index contributed by atoms with van der Waals surface area (Å²) in [7, 11) is 0. The lowest BCUT2D eigenvalue weighted by Gasteiger charge is -2.36. The van der Waals surface area contributed by atoms with E-state index in [1.54, 1.807) is 12.4 Å². The number of carbonyl (C=O) groups is 1. The van der Waals surface area contributed by atoms with Gasteiger partial charge in [-0.3, -0.25) is 14.9 Å². The highest BCUT2D eigenvalue weighted by Gasteiger charge is 2.30. The van der Waals surface area contributed by atoms with E-state index in [0.29, 0.717) is 11.4 Å². The molecule has 0 saturated carbocycles. The van der Waals surface area contributed by atoms with Crippen LogP contribution in [0.2, 0.25) is 5.02 Å². The zero-order chi connectivity index (χ0) is 18.6. The topological polar surface area (TPSA) is 61.9 Å². The van der Waals surface area contributed by atoms with Gasteiger partial charge in [0.2, 0.25) is 5.91 Å². The van der Waals surface area contributed by atoms with Gasteiger partial charge in [0, 0.05) is 29.5 Å². The second-order valence-electron chi connectivity index (χ2n) is 6.84. The molecule has 1 amide bonds. The lowest BCUT2D eigenvalue weighted by atomic mass is 9.94. The molecule has 2 aromatic heterocycles. The average molecular weight is 381 g/mol. The monoisotopic (exact) mass is 380 g/mol. The molecule has 1 aromatic carbocycles. The van der Waals surface area contributed by atoms with Gasteiger partial charge in [0.05, 0.1) is 24.4 Å². The Balaban J connectivity index is 1.60. The first-order chi connectivity index (χ1) is 13.2. The number of nitrogens with one attached hydrogen (secondary N) is 1. The van der Waals surface area contributed by atoms with E-state index in [2.05, 4.69) is 15.2 Å². The van der Waals surface area contributed by atoms with Crippen LogP contribution in [0.4, 0.5) is 0 Å². The molecular weight excluding hydrogens is 360 g/mol. The molecule has 1 fully saturated rings. The number of amides is 1. The molecule has 0 spiro atoms. The molecule has 0 bridgehead atoms. The molecule has 27 heavy (non-hydrogen) atoms. The lowest BCUT2D eigenvalue weighted by molar-refractivity contribution is -0.134. The summed E-state index contributed by atoms with van der Waals surface area (Å²) in [6.07, 6.45) is 8.79. The van der Waals surface area contributed by atoms with Gasteiger partial charge in [0.25, 0.3) is 0 Å². The number of pyridine rings is 1. The number of carbonyl (C=O) groups excluding carboxylic acids is 1. The number of nitrogens with zero attached hydrogens (tertiary/aromatic N) is 3. The SMILES string of the molecule is O=C(Cc1cccc(Cl)c1)N1CCCCC1c1[nH]ncc1-c1ccncc1. The number of hydrogen-bond acceptors (Lipinski definition) is 3. The van der Waals surface area contributed by atoms with E-state index < -0.39 is 0 Å². The van der Waals surface area contributed by atoms with Crippen molar-refractivity contribution in [2.45, 2.75) is 31.7 Å². The molecule has 1 N–H and O–H groups in total. The number of rotatable bonds is 4. The Kier molecular flexibility index (Phi) is 5.21. The zero-order valence-corrected chi connectivity index (χ0v) is 15.7. The van der Waals surface area contributed by atoms with E-state index in [1.165, 1.54) is 0 Å². The summed E-state index contributed by atoms with van der Waals surface area (Å²) in [6, 6.07) is 11.5. The number of likely N-dealkylation sites (tertiary alicyclic amines) is 1. The smallest absolute Gasteiger partial charge is 0.227 e. The standard InChI is InChI=1S/C21H21ClN4O/c22-17-5-3-4-15(12-17)13-20(27)26-11-2-1-6-19(26)21-18(14-24-25-21)16-7-9-23-10-8-16/h3-5,7-10,12,14,19H,1-2,6,11,13H2,(H,24,25). The number of piperidine rings is 1. The average Bonchev–Trinajstić information content (AvgIpc) is 3.18. The van der Waals surface area contributed by atoms with Gasteiger partial charge in [0.1, 0.15) is 0 Å². The maximum Gasteiger partial charge on any atom is 0.227 e. The molecule has 3 heterocycles. The maximum atomic E-state index is 13.1. The summed E-state index contributed by atoms with van der Waals surface area (Å²) in [5.74, 6) is 0.122. The molecule has 1 saturated heterocycles. The summed E-state index contributed by atoms with van der Waals surface area (Å²) in [4.78, 5) is 19.1. The third-order valence-electron chi connectivity index (χ3n) is 5.06. The van der Waals surface area contributed by atoms with Gasteiger partial charge in [-0.1, -0.05) is 23.7 Å². The van der Waals surface area contributed by atoms with E-state index in [0.717, 1.165) is 48.2 Å². The highest BCUT2D eigenvalue weighted by atomic mass is 35.5. The Morgan fingerprint density at radius 2 is 2.07 bits per heavy atom. The van der Waals surface area contributed by atoms with Crippen molar-refractivity contribution in [3.63, 3.8) is 0 Å². The quantitative estimate of drug-likeness (QED) is 0.728. The van der Waals surface area contributed by atoms with Crippen LogP contribution in [0.25, 0.3) is 11.1 Å². The predicted octanol–water partition coefficient (Wildman–Crippen LogP) is 4.42. The zero-order valence-electron chi connectivity index (χ0n) is 14.9. The maximum absolute atomic E-state index is 13.1. The van der Waals surface area contributed by atoms with Crippen LogP contribution in [0.15, 0.2) is 55.0 Å². The Bertz CT molecular complexity index is 925. The van der Waals surface area contributed by atoms with Crippen LogP contribution in [0.3, 0.4) is 0 Å². The Morgan fingerprint density at radius 3 is 2.89 bits per heavy atom. The normalized spacial score (nSPS) is 17.1. The van der Waals surface area contributed by atoms with Gasteiger partial charge < -0.3 is 4.90 Å². The predicted molar refractivity (Wildman–Crippen MR) is 105 cm³/mol. The molecular formula is C21H21ClN4O. The Hall–Kier alpha value is -2.66. The minimum absolute atomic E-state index is 0.0103. The van der Waals surface area contributed by atoms with Gasteiger partial charge in [-0.05, 0) is 54.7 Å². The van der Waals surface area contributed by atoms with E-state index in [1.807, 2.05) is 47.5 Å². The molecule has 4 rings (SSSR count). The molecule has 1 atom stereocenters. The van der Waals surface area contributed by atoms with Crippen molar-refractivity contribution in [3.05, 3.63) is 71.3 Å². The van der Waals surface area contributed by atoms with Crippen LogP contribution >= 0.6 is 11.6 Å². The van der Waals surface area contributed by atoms with Crippen LogP contribution < -0.4 is 0 Å². The fourth-order valence-corrected chi connectivity index (χ4v) is 3.98. The summed E-state index contributed by atoms with van der Waals surface area (Å²) in [5, 5.41) is 8.07. The summed E-state index contributed by atoms with van der Waals surface area (Å²) < 4.78 is 0. The molecule has 0 aliphatic carbocycles. The summed E-state index contributed by atoms with van der Waals surface area (Å²) in [6.45, 7) is 0.763. The van der Waals surface area contributed by atoms with Crippen molar-refractivity contribution in [2.75, 3.05) is 6.54 Å². The minimum atomic E-state index is 0.0103. The number of H-pyrrole nitrogens is 1. The van der Waals surface area contributed by atoms with Gasteiger partial charge >= 0.3 is 0 Å². The van der Waals surface area contributed by atoms with Gasteiger partial charge in [0.15, 0.2) is 0 Å². The molecule has 6 heteroatoms. The third kappa shape index (κ3) is 3.88. The van der Waals surface area contributed by atoms with E-state index >= 15 is 0 Å². The lowest BCUT2D eigenvalue weighted by Crippen LogP contribution is -2.39. The third-order valence-corrected chi connectivity index (χ3v) is 5.30. The van der Waals surface area contributed by atoms with Crippen LogP contribution in [0.1, 0.15) is 36.6 Å². The van der Waals surface area contributed by atoms with Gasteiger partial charge in [-0.15, -0.1) is 0 Å². The molecule has 1 aliphatic rings. The fraction of sp³-hybridized carbons (Fsp3) is 0.286. The molecule has 1 unspecified atom stereocenters. The van der Waals surface area contributed by atoms with E-state index in [4.69, 9.17) is 11.6 Å². The Morgan fingerprint density at radius 1 is 1.22 bits per heavy atom. The second-order valence-corrected chi connectivity index (χ2v) is 7.28. The molecule has 3 aromatic rings. The number of hydrogen-bond donors (Lipinski definition) is 1. The first-order valence-electron chi connectivity index (χ1n) is 9.20. The number of halogens is 1. The van der Waals surface area contributed by atoms with Crippen molar-refractivity contribution in [1.82, 2.24) is 20.1 Å². The van der Waals surface area contributed by atoms with Crippen LogP contribution in [-0.4, -0.2) is 32.5 Å². The first kappa shape index (κ1) is 17.7. The number of benzene rings is 1. The Labute approximate surface area is 163 Å². The van der Waals surface area contributed by atoms with Crippen molar-refractivity contribution in [2.24, 2.45) is 0 Å². The van der Waals surface area contributed by atoms with Crippen molar-refractivity contribution < 1.29 is 4.79 Å². The highest BCUT2D eigenvalue weighted by molar-refractivity contribution is 6.30. The van der Waals surface area contributed by atoms with Crippen molar-refractivity contribution >= 4 is 17.5 Å². The van der Waals surface area contributed by atoms with Crippen molar-refractivity contribution in [3.8, 4) is 11.1 Å². The van der Waals surface area contributed by atoms with Crippen LogP contribution in [0, 0.1) is 0 Å². The highest BCUT2D eigenvalue weighted by Crippen LogP contribution is 2.35. The van der Waals surface area contributed by atoms with E-state index in [-0.39, 0.29) is 11.9 Å². The first-order valence-corrected chi connectivity index (χ1v) is 9.58. The molecule has 5 nitrogen and oxygen atoms in total. The van der Waals surface area contributed by atoms with Crippen LogP contribution in [0.5, 0.6) is 0 Å². The fourth-order valence-electron chi connectivity index (χ4n) is 3.76. The second kappa shape index (κ2) is 7.92. The van der Waals surface area contributed by atoms with Gasteiger partial charge in [-0.25, -0.2) is 0 Å². The van der Waals surface area contributed by atoms with E-state index in [9.17, 15) is 4.79 Å². The molecule has 1 aliphatic heterocycles.